The van der Waals surface area contributed by atoms with Crippen LogP contribution in [0, 0.1) is 6.92 Å². The number of hydrazone groups is 1. The topological polar surface area (TPSA) is 109 Å². The zero-order chi connectivity index (χ0) is 21.8. The van der Waals surface area contributed by atoms with Crippen LogP contribution in [-0.2, 0) is 14.4 Å². The number of anilines is 1. The van der Waals surface area contributed by atoms with E-state index in [2.05, 4.69) is 21.2 Å². The molecule has 0 aromatic heterocycles. The van der Waals surface area contributed by atoms with Gasteiger partial charge in [0.2, 0.25) is 0 Å². The van der Waals surface area contributed by atoms with Crippen LogP contribution in [-0.4, -0.2) is 37.1 Å². The normalized spacial score (nSPS) is 10.5. The van der Waals surface area contributed by atoms with Gasteiger partial charge in [0.05, 0.1) is 6.21 Å². The number of amides is 3. The van der Waals surface area contributed by atoms with Gasteiger partial charge in [0.15, 0.2) is 6.61 Å². The third-order valence-corrected chi connectivity index (χ3v) is 3.97. The van der Waals surface area contributed by atoms with Crippen LogP contribution in [0.2, 0.25) is 0 Å². The average Bonchev–Trinajstić information content (AvgIpc) is 2.73. The number of unbranched alkanes of at least 4 members (excludes halogenated alkanes) is 1. The molecule has 8 heteroatoms. The predicted octanol–water partition coefficient (Wildman–Crippen LogP) is 2.38. The zero-order valence-electron chi connectivity index (χ0n) is 17.1. The number of aryl methyl sites for hydroxylation is 1. The lowest BCUT2D eigenvalue weighted by molar-refractivity contribution is -0.139. The molecule has 0 saturated heterocycles. The Labute approximate surface area is 175 Å². The highest BCUT2D eigenvalue weighted by atomic mass is 16.5. The molecular weight excluding hydrogens is 384 g/mol. The van der Waals surface area contributed by atoms with Crippen molar-refractivity contribution in [3.63, 3.8) is 0 Å². The molecule has 0 aliphatic rings. The summed E-state index contributed by atoms with van der Waals surface area (Å²) in [5.41, 5.74) is 4.45. The molecule has 3 N–H and O–H groups in total. The van der Waals surface area contributed by atoms with Crippen LogP contribution in [0.1, 0.15) is 30.9 Å². The Hall–Kier alpha value is -3.68. The zero-order valence-corrected chi connectivity index (χ0v) is 17.1. The molecule has 0 spiro atoms. The minimum atomic E-state index is -0.849. The van der Waals surface area contributed by atoms with Crippen LogP contribution in [0.3, 0.4) is 0 Å². The van der Waals surface area contributed by atoms with Crippen LogP contribution in [0.5, 0.6) is 5.75 Å². The van der Waals surface area contributed by atoms with E-state index in [0.29, 0.717) is 23.5 Å². The van der Waals surface area contributed by atoms with Crippen molar-refractivity contribution in [3.05, 3.63) is 59.7 Å². The van der Waals surface area contributed by atoms with Crippen molar-refractivity contribution in [1.82, 2.24) is 10.7 Å². The summed E-state index contributed by atoms with van der Waals surface area (Å²) in [5, 5.41) is 9.06. The number of hydrogen-bond donors (Lipinski definition) is 3. The highest BCUT2D eigenvalue weighted by Gasteiger charge is 2.11. The Bertz CT molecular complexity index is 912. The maximum Gasteiger partial charge on any atom is 0.329 e. The number of rotatable bonds is 9. The Morgan fingerprint density at radius 3 is 2.63 bits per heavy atom. The first-order valence-corrected chi connectivity index (χ1v) is 9.69. The van der Waals surface area contributed by atoms with E-state index in [0.717, 1.165) is 18.4 Å². The summed E-state index contributed by atoms with van der Waals surface area (Å²) in [5.74, 6) is -1.47. The molecule has 0 unspecified atom stereocenters. The number of carbonyl (C=O) groups is 3. The van der Waals surface area contributed by atoms with Gasteiger partial charge >= 0.3 is 11.8 Å². The number of para-hydroxylation sites is 1. The van der Waals surface area contributed by atoms with Gasteiger partial charge in [0, 0.05) is 17.8 Å². The monoisotopic (exact) mass is 410 g/mol. The van der Waals surface area contributed by atoms with Crippen molar-refractivity contribution in [3.8, 4) is 5.75 Å². The van der Waals surface area contributed by atoms with Gasteiger partial charge in [-0.05, 0) is 43.2 Å². The van der Waals surface area contributed by atoms with Crippen molar-refractivity contribution >= 4 is 29.6 Å². The fourth-order valence-electron chi connectivity index (χ4n) is 2.45. The van der Waals surface area contributed by atoms with E-state index in [1.165, 1.54) is 6.21 Å². The number of ether oxygens (including phenoxy) is 1. The van der Waals surface area contributed by atoms with Crippen LogP contribution in [0.25, 0.3) is 0 Å². The van der Waals surface area contributed by atoms with Crippen LogP contribution in [0.15, 0.2) is 53.6 Å². The van der Waals surface area contributed by atoms with Crippen LogP contribution >= 0.6 is 0 Å². The highest BCUT2D eigenvalue weighted by Crippen LogP contribution is 2.16. The molecular formula is C22H26N4O4. The predicted molar refractivity (Wildman–Crippen MR) is 115 cm³/mol. The van der Waals surface area contributed by atoms with Crippen molar-refractivity contribution < 1.29 is 19.1 Å². The molecule has 0 fully saturated rings. The lowest BCUT2D eigenvalue weighted by atomic mass is 10.2. The smallest absolute Gasteiger partial charge is 0.329 e. The summed E-state index contributed by atoms with van der Waals surface area (Å²) in [6.07, 6.45) is 3.06. The third-order valence-electron chi connectivity index (χ3n) is 3.97. The van der Waals surface area contributed by atoms with Crippen molar-refractivity contribution in [1.29, 1.82) is 0 Å². The Balaban J connectivity index is 1.87. The third kappa shape index (κ3) is 7.75. The molecule has 0 bridgehead atoms. The molecule has 0 saturated carbocycles. The standard InChI is InChI=1S/C22H26N4O4/c1-3-4-12-23-21(28)22(29)26-24-14-17-9-5-6-11-19(17)30-15-20(27)25-18-10-7-8-16(2)13-18/h5-11,13-14H,3-4,12,15H2,1-2H3,(H,23,28)(H,25,27)(H,26,29)/b24-14-. The van der Waals surface area contributed by atoms with Gasteiger partial charge in [-0.25, -0.2) is 5.43 Å². The first kappa shape index (κ1) is 22.6. The van der Waals surface area contributed by atoms with E-state index in [4.69, 9.17) is 4.74 Å². The largest absolute Gasteiger partial charge is 0.483 e. The van der Waals surface area contributed by atoms with Crippen molar-refractivity contribution in [2.45, 2.75) is 26.7 Å². The summed E-state index contributed by atoms with van der Waals surface area (Å²) in [7, 11) is 0. The fraction of sp³-hybridized carbons (Fsp3) is 0.273. The summed E-state index contributed by atoms with van der Waals surface area (Å²) in [4.78, 5) is 35.4. The number of carbonyl (C=O) groups excluding carboxylic acids is 3. The second kappa shape index (κ2) is 12.0. The van der Waals surface area contributed by atoms with Crippen LogP contribution in [0.4, 0.5) is 5.69 Å². The summed E-state index contributed by atoms with van der Waals surface area (Å²) in [6.45, 7) is 4.18. The molecule has 2 aromatic rings. The molecule has 158 valence electrons. The Morgan fingerprint density at radius 2 is 1.87 bits per heavy atom. The molecule has 0 heterocycles. The molecule has 3 amide bonds. The molecule has 0 aliphatic carbocycles. The minimum Gasteiger partial charge on any atom is -0.483 e. The van der Waals surface area contributed by atoms with E-state index in [-0.39, 0.29) is 12.5 Å². The highest BCUT2D eigenvalue weighted by molar-refractivity contribution is 6.35. The first-order valence-electron chi connectivity index (χ1n) is 9.69. The summed E-state index contributed by atoms with van der Waals surface area (Å²) < 4.78 is 5.58. The second-order valence-electron chi connectivity index (χ2n) is 6.55. The quantitative estimate of drug-likeness (QED) is 0.255. The molecule has 0 radical (unpaired) electrons. The Kier molecular flexibility index (Phi) is 9.05. The maximum absolute atomic E-state index is 12.1. The maximum atomic E-state index is 12.1. The van der Waals surface area contributed by atoms with E-state index in [1.54, 1.807) is 30.3 Å². The lowest BCUT2D eigenvalue weighted by Crippen LogP contribution is -2.38. The van der Waals surface area contributed by atoms with Crippen molar-refractivity contribution in [2.75, 3.05) is 18.5 Å². The van der Waals surface area contributed by atoms with Gasteiger partial charge in [-0.3, -0.25) is 14.4 Å². The Morgan fingerprint density at radius 1 is 1.07 bits per heavy atom. The lowest BCUT2D eigenvalue weighted by Gasteiger charge is -2.10. The average molecular weight is 410 g/mol. The van der Waals surface area contributed by atoms with Gasteiger partial charge in [-0.15, -0.1) is 0 Å². The van der Waals surface area contributed by atoms with Gasteiger partial charge in [0.25, 0.3) is 5.91 Å². The molecule has 8 nitrogen and oxygen atoms in total. The van der Waals surface area contributed by atoms with Crippen LogP contribution < -0.4 is 20.8 Å². The van der Waals surface area contributed by atoms with E-state index < -0.39 is 11.8 Å². The molecule has 2 rings (SSSR count). The van der Waals surface area contributed by atoms with Gasteiger partial charge in [-0.2, -0.15) is 5.10 Å². The van der Waals surface area contributed by atoms with E-state index in [9.17, 15) is 14.4 Å². The SMILES string of the molecule is CCCCNC(=O)C(=O)N/N=C\c1ccccc1OCC(=O)Nc1cccc(C)c1. The number of nitrogens with one attached hydrogen (secondary N) is 3. The van der Waals surface area contributed by atoms with Gasteiger partial charge in [0.1, 0.15) is 5.75 Å². The van der Waals surface area contributed by atoms with Gasteiger partial charge < -0.3 is 15.4 Å². The van der Waals surface area contributed by atoms with E-state index in [1.807, 2.05) is 32.0 Å². The van der Waals surface area contributed by atoms with Gasteiger partial charge in [-0.1, -0.05) is 37.6 Å². The molecule has 0 aliphatic heterocycles. The molecule has 2 aromatic carbocycles. The minimum absolute atomic E-state index is 0.189. The first-order chi connectivity index (χ1) is 14.5. The molecule has 30 heavy (non-hydrogen) atoms. The second-order valence-corrected chi connectivity index (χ2v) is 6.55. The summed E-state index contributed by atoms with van der Waals surface area (Å²) >= 11 is 0. The summed E-state index contributed by atoms with van der Waals surface area (Å²) in [6, 6.07) is 14.4. The number of hydrogen-bond acceptors (Lipinski definition) is 5. The van der Waals surface area contributed by atoms with E-state index >= 15 is 0 Å². The van der Waals surface area contributed by atoms with Crippen molar-refractivity contribution in [2.24, 2.45) is 5.10 Å². The molecule has 0 atom stereocenters. The fourth-order valence-corrected chi connectivity index (χ4v) is 2.45. The number of benzene rings is 2. The number of nitrogens with zero attached hydrogens (tertiary/aromatic N) is 1.